The minimum absolute atomic E-state index is 0.0991. The molecule has 2 fully saturated rings. The summed E-state index contributed by atoms with van der Waals surface area (Å²) < 4.78 is 21.7. The first-order valence-corrected chi connectivity index (χ1v) is 11.1. The fraction of sp³-hybridized carbons (Fsp3) is 0.350. The molecule has 5 nitrogen and oxygen atoms in total. The Morgan fingerprint density at radius 2 is 1.86 bits per heavy atom. The Balaban J connectivity index is 1.58. The van der Waals surface area contributed by atoms with Gasteiger partial charge in [0.2, 0.25) is 0 Å². The van der Waals surface area contributed by atoms with E-state index in [0.717, 1.165) is 37.5 Å². The van der Waals surface area contributed by atoms with Gasteiger partial charge in [-0.05, 0) is 48.7 Å². The lowest BCUT2D eigenvalue weighted by molar-refractivity contribution is 0.102. The molecule has 1 amide bonds. The van der Waals surface area contributed by atoms with Crippen molar-refractivity contribution in [2.45, 2.75) is 6.42 Å². The molecule has 0 unspecified atom stereocenters. The first-order valence-electron chi connectivity index (χ1n) is 9.35. The summed E-state index contributed by atoms with van der Waals surface area (Å²) in [5, 5.41) is 3.12. The SMILES string of the molecule is O=C(Nc1cc(Cl)cc(N2CCOCC2)c1)c1cc(N2CCCS2)cc(F)c1Cl. The van der Waals surface area contributed by atoms with Crippen molar-refractivity contribution in [2.24, 2.45) is 0 Å². The summed E-state index contributed by atoms with van der Waals surface area (Å²) in [7, 11) is 0. The van der Waals surface area contributed by atoms with Gasteiger partial charge in [-0.15, -0.1) is 0 Å². The van der Waals surface area contributed by atoms with E-state index in [4.69, 9.17) is 27.9 Å². The Kier molecular flexibility index (Phi) is 6.39. The topological polar surface area (TPSA) is 44.8 Å². The van der Waals surface area contributed by atoms with Gasteiger partial charge in [0.1, 0.15) is 5.82 Å². The van der Waals surface area contributed by atoms with E-state index in [1.165, 1.54) is 6.07 Å². The normalized spacial score (nSPS) is 16.9. The number of carbonyl (C=O) groups excluding carboxylic acids is 1. The van der Waals surface area contributed by atoms with E-state index >= 15 is 0 Å². The number of benzene rings is 2. The van der Waals surface area contributed by atoms with Gasteiger partial charge in [0.05, 0.1) is 29.5 Å². The number of hydrogen-bond acceptors (Lipinski definition) is 5. The van der Waals surface area contributed by atoms with Gasteiger partial charge in [-0.3, -0.25) is 4.79 Å². The number of ether oxygens (including phenoxy) is 1. The minimum Gasteiger partial charge on any atom is -0.378 e. The maximum Gasteiger partial charge on any atom is 0.257 e. The van der Waals surface area contributed by atoms with E-state index in [1.807, 2.05) is 16.4 Å². The molecule has 2 aromatic rings. The number of morpholine rings is 1. The summed E-state index contributed by atoms with van der Waals surface area (Å²) >= 11 is 14.0. The number of hydrogen-bond donors (Lipinski definition) is 1. The van der Waals surface area contributed by atoms with Crippen molar-refractivity contribution in [3.05, 3.63) is 51.8 Å². The molecule has 1 N–H and O–H groups in total. The van der Waals surface area contributed by atoms with Gasteiger partial charge in [-0.2, -0.15) is 0 Å². The molecule has 9 heteroatoms. The maximum atomic E-state index is 14.4. The van der Waals surface area contributed by atoms with Gasteiger partial charge in [-0.1, -0.05) is 23.2 Å². The molecule has 0 spiro atoms. The number of rotatable bonds is 4. The van der Waals surface area contributed by atoms with Crippen molar-refractivity contribution in [3.63, 3.8) is 0 Å². The van der Waals surface area contributed by atoms with E-state index < -0.39 is 11.7 Å². The molecular formula is C20H20Cl2FN3O2S. The van der Waals surface area contributed by atoms with Crippen molar-refractivity contribution >= 4 is 58.1 Å². The van der Waals surface area contributed by atoms with Crippen LogP contribution >= 0.6 is 35.1 Å². The largest absolute Gasteiger partial charge is 0.378 e. The molecule has 0 bridgehead atoms. The van der Waals surface area contributed by atoms with Crippen LogP contribution in [0.2, 0.25) is 10.0 Å². The number of anilines is 3. The summed E-state index contributed by atoms with van der Waals surface area (Å²) in [6.07, 6.45) is 1.02. The Morgan fingerprint density at radius 3 is 2.59 bits per heavy atom. The third-order valence-corrected chi connectivity index (χ3v) is 6.59. The zero-order valence-corrected chi connectivity index (χ0v) is 17.9. The highest BCUT2D eigenvalue weighted by molar-refractivity contribution is 8.00. The van der Waals surface area contributed by atoms with Crippen molar-refractivity contribution in [1.82, 2.24) is 0 Å². The summed E-state index contributed by atoms with van der Waals surface area (Å²) in [5.74, 6) is -0.115. The highest BCUT2D eigenvalue weighted by Gasteiger charge is 2.21. The highest BCUT2D eigenvalue weighted by Crippen LogP contribution is 2.34. The number of amides is 1. The van der Waals surface area contributed by atoms with Gasteiger partial charge in [0.15, 0.2) is 0 Å². The lowest BCUT2D eigenvalue weighted by Crippen LogP contribution is -2.36. The van der Waals surface area contributed by atoms with E-state index in [2.05, 4.69) is 10.2 Å². The van der Waals surface area contributed by atoms with Gasteiger partial charge >= 0.3 is 0 Å². The molecule has 2 aliphatic heterocycles. The van der Waals surface area contributed by atoms with E-state index in [0.29, 0.717) is 29.6 Å². The second-order valence-electron chi connectivity index (χ2n) is 6.83. The quantitative estimate of drug-likeness (QED) is 0.651. The molecule has 2 aliphatic rings. The zero-order valence-electron chi connectivity index (χ0n) is 15.6. The molecule has 4 rings (SSSR count). The van der Waals surface area contributed by atoms with Crippen LogP contribution in [0.1, 0.15) is 16.8 Å². The molecule has 29 heavy (non-hydrogen) atoms. The second-order valence-corrected chi connectivity index (χ2v) is 8.75. The smallest absolute Gasteiger partial charge is 0.257 e. The Morgan fingerprint density at radius 1 is 1.07 bits per heavy atom. The monoisotopic (exact) mass is 455 g/mol. The van der Waals surface area contributed by atoms with Gasteiger partial charge < -0.3 is 19.3 Å². The Bertz CT molecular complexity index is 919. The molecule has 0 aromatic heterocycles. The third-order valence-electron chi connectivity index (χ3n) is 4.81. The average molecular weight is 456 g/mol. The molecule has 2 saturated heterocycles. The van der Waals surface area contributed by atoms with Crippen molar-refractivity contribution in [3.8, 4) is 0 Å². The fourth-order valence-electron chi connectivity index (χ4n) is 3.38. The number of nitrogens with zero attached hydrogens (tertiary/aromatic N) is 2. The van der Waals surface area contributed by atoms with Crippen molar-refractivity contribution in [1.29, 1.82) is 0 Å². The number of halogens is 3. The van der Waals surface area contributed by atoms with Crippen LogP contribution in [0.4, 0.5) is 21.5 Å². The summed E-state index contributed by atoms with van der Waals surface area (Å²) in [4.78, 5) is 15.0. The second kappa shape index (κ2) is 9.00. The van der Waals surface area contributed by atoms with Gasteiger partial charge in [0, 0.05) is 41.8 Å². The van der Waals surface area contributed by atoms with Crippen LogP contribution in [0, 0.1) is 5.82 Å². The first kappa shape index (κ1) is 20.6. The fourth-order valence-corrected chi connectivity index (χ4v) is 4.80. The molecule has 0 aliphatic carbocycles. The van der Waals surface area contributed by atoms with Crippen LogP contribution in [0.3, 0.4) is 0 Å². The minimum atomic E-state index is -0.609. The Labute approximate surface area is 183 Å². The molecule has 2 heterocycles. The molecule has 0 atom stereocenters. The number of carbonyl (C=O) groups is 1. The lowest BCUT2D eigenvalue weighted by atomic mass is 10.1. The van der Waals surface area contributed by atoms with E-state index in [1.54, 1.807) is 24.1 Å². The standard InChI is InChI=1S/C20H20Cl2FN3O2S/c21-13-8-14(10-15(9-13)25-3-5-28-6-4-25)24-20(27)17-11-16(12-18(23)19(17)22)26-2-1-7-29-26/h8-12H,1-7H2,(H,24,27). The summed E-state index contributed by atoms with van der Waals surface area (Å²) in [6, 6.07) is 8.35. The van der Waals surface area contributed by atoms with Crippen LogP contribution in [0.25, 0.3) is 0 Å². The van der Waals surface area contributed by atoms with Crippen LogP contribution in [0.5, 0.6) is 0 Å². The molecule has 2 aromatic carbocycles. The maximum absolute atomic E-state index is 14.4. The third kappa shape index (κ3) is 4.74. The molecular weight excluding hydrogens is 436 g/mol. The van der Waals surface area contributed by atoms with Gasteiger partial charge in [-0.25, -0.2) is 4.39 Å². The lowest BCUT2D eigenvalue weighted by Gasteiger charge is -2.29. The first-order chi connectivity index (χ1) is 14.0. The van der Waals surface area contributed by atoms with Crippen LogP contribution < -0.4 is 14.5 Å². The van der Waals surface area contributed by atoms with Crippen molar-refractivity contribution in [2.75, 3.05) is 53.1 Å². The average Bonchev–Trinajstić information content (AvgIpc) is 3.25. The summed E-state index contributed by atoms with van der Waals surface area (Å²) in [5.41, 5.74) is 2.17. The Hall–Kier alpha value is -1.67. The zero-order chi connectivity index (χ0) is 20.4. The number of nitrogens with one attached hydrogen (secondary N) is 1. The van der Waals surface area contributed by atoms with Crippen LogP contribution in [0.15, 0.2) is 30.3 Å². The molecule has 0 radical (unpaired) electrons. The predicted octanol–water partition coefficient (Wildman–Crippen LogP) is 5.08. The van der Waals surface area contributed by atoms with E-state index in [9.17, 15) is 9.18 Å². The summed E-state index contributed by atoms with van der Waals surface area (Å²) in [6.45, 7) is 3.60. The highest BCUT2D eigenvalue weighted by atomic mass is 35.5. The molecule has 0 saturated carbocycles. The molecule has 154 valence electrons. The van der Waals surface area contributed by atoms with Gasteiger partial charge in [0.25, 0.3) is 5.91 Å². The van der Waals surface area contributed by atoms with Crippen LogP contribution in [-0.2, 0) is 4.74 Å². The van der Waals surface area contributed by atoms with Crippen molar-refractivity contribution < 1.29 is 13.9 Å². The van der Waals surface area contributed by atoms with E-state index in [-0.39, 0.29) is 10.6 Å². The van der Waals surface area contributed by atoms with Crippen LogP contribution in [-0.4, -0.2) is 44.5 Å². The predicted molar refractivity (Wildman–Crippen MR) is 118 cm³/mol.